The Balaban J connectivity index is 1.72. The van der Waals surface area contributed by atoms with Crippen molar-refractivity contribution in [2.75, 3.05) is 37.6 Å². The number of thiophene rings is 1. The predicted molar refractivity (Wildman–Crippen MR) is 92.1 cm³/mol. The van der Waals surface area contributed by atoms with Crippen molar-refractivity contribution in [1.82, 2.24) is 9.97 Å². The number of aromatic nitrogens is 2. The van der Waals surface area contributed by atoms with Gasteiger partial charge in [-0.25, -0.2) is 9.97 Å². The van der Waals surface area contributed by atoms with Crippen LogP contribution in [-0.4, -0.2) is 42.7 Å². The van der Waals surface area contributed by atoms with Gasteiger partial charge in [0.15, 0.2) is 0 Å². The fourth-order valence-electron chi connectivity index (χ4n) is 3.89. The van der Waals surface area contributed by atoms with Crippen LogP contribution in [0.5, 0.6) is 0 Å². The Labute approximate surface area is 136 Å². The summed E-state index contributed by atoms with van der Waals surface area (Å²) in [4.78, 5) is 16.2. The Hall–Kier alpha value is -1.20. The highest BCUT2D eigenvalue weighted by atomic mass is 32.1. The first-order valence-electron chi connectivity index (χ1n) is 8.60. The molecule has 3 heterocycles. The van der Waals surface area contributed by atoms with Gasteiger partial charge in [-0.3, -0.25) is 0 Å². The van der Waals surface area contributed by atoms with E-state index in [0.717, 1.165) is 19.0 Å². The lowest BCUT2D eigenvalue weighted by Gasteiger charge is -2.32. The number of quaternary nitrogens is 1. The first-order chi connectivity index (χ1) is 10.8. The van der Waals surface area contributed by atoms with E-state index in [1.54, 1.807) is 21.7 Å². The minimum Gasteiger partial charge on any atom is -0.345 e. The molecule has 1 N–H and O–H groups in total. The Morgan fingerprint density at radius 3 is 2.91 bits per heavy atom. The van der Waals surface area contributed by atoms with Gasteiger partial charge in [0, 0.05) is 4.88 Å². The summed E-state index contributed by atoms with van der Waals surface area (Å²) in [5, 5.41) is 1.37. The lowest BCUT2D eigenvalue weighted by Crippen LogP contribution is -3.14. The zero-order valence-corrected chi connectivity index (χ0v) is 14.4. The second-order valence-corrected chi connectivity index (χ2v) is 7.90. The van der Waals surface area contributed by atoms with Gasteiger partial charge in [-0.2, -0.15) is 0 Å². The third-order valence-corrected chi connectivity index (χ3v) is 6.50. The van der Waals surface area contributed by atoms with Gasteiger partial charge < -0.3 is 9.80 Å². The molecule has 0 spiro atoms. The summed E-state index contributed by atoms with van der Waals surface area (Å²) in [5.41, 5.74) is 1.55. The largest absolute Gasteiger partial charge is 0.345 e. The molecule has 1 atom stereocenters. The number of anilines is 1. The molecule has 22 heavy (non-hydrogen) atoms. The molecule has 0 unspecified atom stereocenters. The summed E-state index contributed by atoms with van der Waals surface area (Å²) in [6, 6.07) is 0. The van der Waals surface area contributed by atoms with Crippen molar-refractivity contribution >= 4 is 27.4 Å². The monoisotopic (exact) mass is 317 g/mol. The fraction of sp³-hybridized carbons (Fsp3) is 0.647. The van der Waals surface area contributed by atoms with Crippen LogP contribution in [0.25, 0.3) is 10.2 Å². The molecular weight excluding hydrogens is 292 g/mol. The summed E-state index contributed by atoms with van der Waals surface area (Å²) in [7, 11) is 0. The highest BCUT2D eigenvalue weighted by molar-refractivity contribution is 7.19. The first-order valence-corrected chi connectivity index (χ1v) is 9.41. The normalized spacial score (nSPS) is 23.0. The number of fused-ring (bicyclic) bond motifs is 3. The minimum absolute atomic E-state index is 0.814. The van der Waals surface area contributed by atoms with E-state index in [4.69, 9.17) is 4.98 Å². The molecule has 118 valence electrons. The van der Waals surface area contributed by atoms with Gasteiger partial charge in [0.25, 0.3) is 0 Å². The third kappa shape index (κ3) is 2.40. The topological polar surface area (TPSA) is 33.5 Å². The highest BCUT2D eigenvalue weighted by Gasteiger charge is 2.27. The van der Waals surface area contributed by atoms with Crippen molar-refractivity contribution in [2.24, 2.45) is 5.92 Å². The van der Waals surface area contributed by atoms with Gasteiger partial charge in [-0.15, -0.1) is 11.3 Å². The van der Waals surface area contributed by atoms with Crippen LogP contribution >= 0.6 is 11.3 Å². The van der Waals surface area contributed by atoms with Gasteiger partial charge in [0.05, 0.1) is 38.1 Å². The Kier molecular flexibility index (Phi) is 3.78. The zero-order chi connectivity index (χ0) is 15.1. The molecule has 0 bridgehead atoms. The Morgan fingerprint density at radius 1 is 1.32 bits per heavy atom. The third-order valence-electron chi connectivity index (χ3n) is 5.34. The summed E-state index contributed by atoms with van der Waals surface area (Å²) in [6.07, 6.45) is 5.50. The maximum absolute atomic E-state index is 4.69. The molecule has 0 aromatic carbocycles. The molecule has 4 rings (SSSR count). The Bertz CT molecular complexity index is 673. The molecule has 2 aromatic heterocycles. The van der Waals surface area contributed by atoms with Crippen LogP contribution in [0.4, 0.5) is 5.82 Å². The van der Waals surface area contributed by atoms with E-state index < -0.39 is 0 Å². The quantitative estimate of drug-likeness (QED) is 0.912. The molecule has 5 heteroatoms. The summed E-state index contributed by atoms with van der Waals surface area (Å²) >= 11 is 1.90. The molecule has 2 aromatic rings. The molecule has 2 aliphatic rings. The van der Waals surface area contributed by atoms with Crippen molar-refractivity contribution in [1.29, 1.82) is 0 Å². The molecule has 4 nitrogen and oxygen atoms in total. The smallest absolute Gasteiger partial charge is 0.141 e. The number of nitrogens with zero attached hydrogens (tertiary/aromatic N) is 3. The highest BCUT2D eigenvalue weighted by Crippen LogP contribution is 2.40. The average Bonchev–Trinajstić information content (AvgIpc) is 2.92. The lowest BCUT2D eigenvalue weighted by molar-refractivity contribution is -0.898. The minimum atomic E-state index is 0.814. The van der Waals surface area contributed by atoms with Crippen LogP contribution < -0.4 is 9.80 Å². The van der Waals surface area contributed by atoms with Crippen molar-refractivity contribution < 1.29 is 4.90 Å². The SMILES string of the molecule is CC[NH+]1CCN(c2ncnc3sc4c(c23)CC[C@@H](C)C4)CC1. The van der Waals surface area contributed by atoms with E-state index in [-0.39, 0.29) is 0 Å². The molecule has 0 amide bonds. The lowest BCUT2D eigenvalue weighted by atomic mass is 9.89. The number of nitrogens with one attached hydrogen (secondary N) is 1. The number of aryl methyl sites for hydroxylation is 1. The number of rotatable bonds is 2. The summed E-state index contributed by atoms with van der Waals surface area (Å²) in [5.74, 6) is 2.01. The van der Waals surface area contributed by atoms with Gasteiger partial charge in [-0.05, 0) is 37.7 Å². The second kappa shape index (κ2) is 5.78. The molecular formula is C17H25N4S+. The van der Waals surface area contributed by atoms with E-state index in [1.165, 1.54) is 54.9 Å². The van der Waals surface area contributed by atoms with Crippen LogP contribution in [0.3, 0.4) is 0 Å². The van der Waals surface area contributed by atoms with E-state index in [0.29, 0.717) is 0 Å². The van der Waals surface area contributed by atoms with Gasteiger partial charge in [0.1, 0.15) is 17.0 Å². The van der Waals surface area contributed by atoms with E-state index >= 15 is 0 Å². The van der Waals surface area contributed by atoms with Crippen molar-refractivity contribution in [2.45, 2.75) is 33.1 Å². The van der Waals surface area contributed by atoms with Crippen LogP contribution in [0, 0.1) is 5.92 Å². The molecule has 0 radical (unpaired) electrons. The fourth-order valence-corrected chi connectivity index (χ4v) is 5.23. The zero-order valence-electron chi connectivity index (χ0n) is 13.6. The first kappa shape index (κ1) is 14.4. The van der Waals surface area contributed by atoms with Crippen LogP contribution in [-0.2, 0) is 12.8 Å². The van der Waals surface area contributed by atoms with Crippen LogP contribution in [0.1, 0.15) is 30.7 Å². The molecule has 1 saturated heterocycles. The van der Waals surface area contributed by atoms with E-state index in [2.05, 4.69) is 23.7 Å². The summed E-state index contributed by atoms with van der Waals surface area (Å²) in [6.45, 7) is 10.6. The Morgan fingerprint density at radius 2 is 2.14 bits per heavy atom. The maximum atomic E-state index is 4.69. The maximum Gasteiger partial charge on any atom is 0.141 e. The summed E-state index contributed by atoms with van der Waals surface area (Å²) < 4.78 is 0. The molecule has 1 aliphatic heterocycles. The van der Waals surface area contributed by atoms with Gasteiger partial charge >= 0.3 is 0 Å². The number of hydrogen-bond donors (Lipinski definition) is 1. The second-order valence-electron chi connectivity index (χ2n) is 6.82. The van der Waals surface area contributed by atoms with Gasteiger partial charge in [-0.1, -0.05) is 6.92 Å². The van der Waals surface area contributed by atoms with Crippen LogP contribution in [0.2, 0.25) is 0 Å². The van der Waals surface area contributed by atoms with Gasteiger partial charge in [0.2, 0.25) is 0 Å². The molecule has 1 aliphatic carbocycles. The molecule has 1 fully saturated rings. The number of hydrogen-bond acceptors (Lipinski definition) is 4. The average molecular weight is 317 g/mol. The standard InChI is InChI=1S/C17H24N4S/c1-3-20-6-8-21(9-7-20)16-15-13-5-4-12(2)10-14(13)22-17(15)19-11-18-16/h11-12H,3-10H2,1-2H3/p+1/t12-/m1/s1. The number of piperazine rings is 1. The van der Waals surface area contributed by atoms with Crippen molar-refractivity contribution in [3.63, 3.8) is 0 Å². The number of likely N-dealkylation sites (N-methyl/N-ethyl adjacent to an activating group) is 1. The van der Waals surface area contributed by atoms with E-state index in [9.17, 15) is 0 Å². The van der Waals surface area contributed by atoms with Crippen molar-refractivity contribution in [3.8, 4) is 0 Å². The van der Waals surface area contributed by atoms with E-state index in [1.807, 2.05) is 11.3 Å². The predicted octanol–water partition coefficient (Wildman–Crippen LogP) is 1.54. The van der Waals surface area contributed by atoms with Crippen molar-refractivity contribution in [3.05, 3.63) is 16.8 Å². The molecule has 0 saturated carbocycles. The van der Waals surface area contributed by atoms with Crippen LogP contribution in [0.15, 0.2) is 6.33 Å².